The molecule has 0 aromatic carbocycles. The van der Waals surface area contributed by atoms with Crippen molar-refractivity contribution in [3.8, 4) is 0 Å². The Morgan fingerprint density at radius 1 is 1.22 bits per heavy atom. The first-order valence-corrected chi connectivity index (χ1v) is 9.48. The Kier molecular flexibility index (Phi) is 8.55. The summed E-state index contributed by atoms with van der Waals surface area (Å²) in [7, 11) is 6.22. The van der Waals surface area contributed by atoms with E-state index in [0.29, 0.717) is 0 Å². The summed E-state index contributed by atoms with van der Waals surface area (Å²) in [5.41, 5.74) is 0. The third kappa shape index (κ3) is 316. The van der Waals surface area contributed by atoms with E-state index in [2.05, 4.69) is 41.0 Å². The molecule has 0 saturated heterocycles. The van der Waals surface area contributed by atoms with Gasteiger partial charge in [-0.2, -0.15) is 11.1 Å². The lowest BCUT2D eigenvalue weighted by Gasteiger charge is -1.97. The van der Waals surface area contributed by atoms with E-state index in [1.54, 1.807) is 0 Å². The van der Waals surface area contributed by atoms with E-state index in [-0.39, 0.29) is 0 Å². The largest absolute Gasteiger partial charge is 0.225 e. The molecule has 0 aliphatic heterocycles. The van der Waals surface area contributed by atoms with Crippen LogP contribution in [-0.2, 0) is 9.23 Å². The van der Waals surface area contributed by atoms with Crippen molar-refractivity contribution in [1.29, 1.82) is 0 Å². The fourth-order valence-corrected chi connectivity index (χ4v) is 0. The molecule has 0 atom stereocenters. The van der Waals surface area contributed by atoms with Crippen molar-refractivity contribution in [1.82, 2.24) is 0 Å². The average Bonchev–Trinajstić information content (AvgIpc) is 1.19. The molecule has 0 unspecified atom stereocenters. The van der Waals surface area contributed by atoms with Gasteiger partial charge in [-0.15, -0.1) is 0 Å². The highest BCUT2D eigenvalue weighted by Crippen LogP contribution is 2.03. The minimum absolute atomic E-state index is 1.14. The van der Waals surface area contributed by atoms with Crippen LogP contribution >= 0.6 is 32.4 Å². The van der Waals surface area contributed by atoms with Gasteiger partial charge in [0, 0.05) is 21.4 Å². The zero-order valence-electron chi connectivity index (χ0n) is 5.45. The Hall–Kier alpha value is 1.24. The minimum Gasteiger partial charge on any atom is -0.225 e. The lowest BCUT2D eigenvalue weighted by molar-refractivity contribution is 0.698. The van der Waals surface area contributed by atoms with Gasteiger partial charge in [0.05, 0.1) is 0 Å². The number of rotatable bonds is 0. The molecule has 1 nitrogen and oxygen atoms in total. The average molecular weight is 228 g/mol. The van der Waals surface area contributed by atoms with Gasteiger partial charge in [-0.3, -0.25) is 0 Å². The highest BCUT2D eigenvalue weighted by molar-refractivity contribution is 8.26. The van der Waals surface area contributed by atoms with Gasteiger partial charge in [0.1, 0.15) is 7.38 Å². The van der Waals surface area contributed by atoms with E-state index in [9.17, 15) is 0 Å². The van der Waals surface area contributed by atoms with Gasteiger partial charge in [0.15, 0.2) is 0 Å². The van der Waals surface area contributed by atoms with E-state index in [4.69, 9.17) is 15.3 Å². The predicted molar refractivity (Wildman–Crippen MR) is 49.0 cm³/mol. The molecule has 0 rings (SSSR count). The van der Waals surface area contributed by atoms with Crippen LogP contribution in [0.4, 0.5) is 0 Å². The van der Waals surface area contributed by atoms with Crippen LogP contribution in [0, 0.1) is 0 Å². The van der Waals surface area contributed by atoms with Crippen molar-refractivity contribution in [3.05, 3.63) is 0 Å². The van der Waals surface area contributed by atoms with Gasteiger partial charge in [-0.05, 0) is 0 Å². The second-order valence-corrected chi connectivity index (χ2v) is 12.3. The molecule has 0 heterocycles. The number of halogens is 3. The monoisotopic (exact) mass is 226 g/mol. The van der Waals surface area contributed by atoms with E-state index < -0.39 is 16.6 Å². The third-order valence-corrected chi connectivity index (χ3v) is 0. The fourth-order valence-electron chi connectivity index (χ4n) is 0. The molecule has 0 aliphatic carbocycles. The highest BCUT2D eigenvalue weighted by atomic mass is 36.0. The molecular formula is C3H9Cl3OSSi. The van der Waals surface area contributed by atoms with Crippen LogP contribution in [0.3, 0.4) is 0 Å². The standard InChI is InChI=1S/C3H9ClSi.Cl2OS/c1-5(2,3)4;1-4(2)3/h1-3H3;. The highest BCUT2D eigenvalue weighted by Gasteiger charge is 2.04. The predicted octanol–water partition coefficient (Wildman–Crippen LogP) is 3.10. The molecule has 0 aliphatic rings. The van der Waals surface area contributed by atoms with Crippen molar-refractivity contribution >= 4 is 49.1 Å². The van der Waals surface area contributed by atoms with E-state index in [0.717, 1.165) is 0 Å². The molecule has 9 heavy (non-hydrogen) atoms. The molecular weight excluding hydrogens is 219 g/mol. The summed E-state index contributed by atoms with van der Waals surface area (Å²) in [5, 5.41) is 0. The summed E-state index contributed by atoms with van der Waals surface area (Å²) in [6, 6.07) is 0. The van der Waals surface area contributed by atoms with Crippen molar-refractivity contribution in [2.45, 2.75) is 19.6 Å². The van der Waals surface area contributed by atoms with Crippen LogP contribution in [0.2, 0.25) is 19.6 Å². The zero-order chi connectivity index (χ0) is 8.08. The molecule has 0 fully saturated rings. The summed E-state index contributed by atoms with van der Waals surface area (Å²) < 4.78 is 9.09. The van der Waals surface area contributed by atoms with Gasteiger partial charge in [-0.1, -0.05) is 19.6 Å². The summed E-state index contributed by atoms with van der Waals surface area (Å²) in [4.78, 5) is 0. The van der Waals surface area contributed by atoms with E-state index >= 15 is 0 Å². The molecule has 0 N–H and O–H groups in total. The van der Waals surface area contributed by atoms with Crippen LogP contribution < -0.4 is 0 Å². The molecule has 0 saturated carbocycles. The molecule has 0 radical (unpaired) electrons. The first-order valence-electron chi connectivity index (χ1n) is 2.16. The van der Waals surface area contributed by atoms with Gasteiger partial charge in [0.2, 0.25) is 9.23 Å². The molecule has 0 bridgehead atoms. The smallest absolute Gasteiger partial charge is 0.211 e. The minimum atomic E-state index is -1.67. The van der Waals surface area contributed by atoms with E-state index in [1.165, 1.54) is 0 Å². The Balaban J connectivity index is 0. The summed E-state index contributed by atoms with van der Waals surface area (Å²) >= 11 is 5.67. The Labute approximate surface area is 72.9 Å². The SMILES string of the molecule is C[Si](C)(C)Cl.O=S(Cl)Cl. The number of hydrogen-bond donors (Lipinski definition) is 0. The van der Waals surface area contributed by atoms with Gasteiger partial charge in [0.25, 0.3) is 0 Å². The topological polar surface area (TPSA) is 17.1 Å². The molecule has 0 spiro atoms. The maximum Gasteiger partial charge on any atom is 0.211 e. The second-order valence-electron chi connectivity index (χ2n) is 2.25. The maximum atomic E-state index is 9.09. The van der Waals surface area contributed by atoms with Crippen LogP contribution in [0.15, 0.2) is 0 Å². The normalized spacial score (nSPS) is 10.6. The first kappa shape index (κ1) is 12.9. The summed E-state index contributed by atoms with van der Waals surface area (Å²) in [6.07, 6.45) is 0. The molecule has 0 aromatic rings. The summed E-state index contributed by atoms with van der Waals surface area (Å²) in [6.45, 7) is 6.28. The van der Waals surface area contributed by atoms with Crippen LogP contribution in [-0.4, -0.2) is 11.6 Å². The van der Waals surface area contributed by atoms with E-state index in [1.807, 2.05) is 0 Å². The van der Waals surface area contributed by atoms with Crippen LogP contribution in [0.25, 0.3) is 0 Å². The van der Waals surface area contributed by atoms with Crippen molar-refractivity contribution in [3.63, 3.8) is 0 Å². The lowest BCUT2D eigenvalue weighted by atomic mass is 11.8. The number of hydrogen-bond acceptors (Lipinski definition) is 1. The van der Waals surface area contributed by atoms with Gasteiger partial charge < -0.3 is 0 Å². The zero-order valence-corrected chi connectivity index (χ0v) is 9.53. The van der Waals surface area contributed by atoms with Gasteiger partial charge >= 0.3 is 0 Å². The quantitative estimate of drug-likeness (QED) is 0.353. The lowest BCUT2D eigenvalue weighted by Crippen LogP contribution is -2.06. The molecule has 0 aromatic heterocycles. The van der Waals surface area contributed by atoms with Crippen molar-refractivity contribution in [2.24, 2.45) is 0 Å². The van der Waals surface area contributed by atoms with Crippen molar-refractivity contribution in [2.75, 3.05) is 0 Å². The Morgan fingerprint density at radius 3 is 1.22 bits per heavy atom. The first-order chi connectivity index (χ1) is 3.73. The Bertz CT molecular complexity index is 81.5. The van der Waals surface area contributed by atoms with Crippen LogP contribution in [0.5, 0.6) is 0 Å². The molecule has 6 heteroatoms. The Morgan fingerprint density at radius 2 is 1.22 bits per heavy atom. The summed E-state index contributed by atoms with van der Waals surface area (Å²) in [5.74, 6) is 0. The van der Waals surface area contributed by atoms with Crippen LogP contribution in [0.1, 0.15) is 0 Å². The van der Waals surface area contributed by atoms with Crippen molar-refractivity contribution < 1.29 is 4.21 Å². The fraction of sp³-hybridized carbons (Fsp3) is 1.00. The molecule has 0 amide bonds. The third-order valence-electron chi connectivity index (χ3n) is 0. The second kappa shape index (κ2) is 5.98. The molecule has 58 valence electrons. The van der Waals surface area contributed by atoms with Gasteiger partial charge in [-0.25, -0.2) is 4.21 Å². The maximum absolute atomic E-state index is 9.09.